The lowest BCUT2D eigenvalue weighted by Crippen LogP contribution is -2.23. The van der Waals surface area contributed by atoms with Gasteiger partial charge in [0.05, 0.1) is 18.1 Å². The molecule has 0 saturated heterocycles. The van der Waals surface area contributed by atoms with Crippen molar-refractivity contribution < 1.29 is 13.6 Å². The largest absolute Gasteiger partial charge is 0.461 e. The number of rotatable bonds is 7. The minimum absolute atomic E-state index is 0.208. The number of benzene rings is 2. The predicted molar refractivity (Wildman–Crippen MR) is 114 cm³/mol. The number of amides is 1. The summed E-state index contributed by atoms with van der Waals surface area (Å²) in [4.78, 5) is 12.6. The molecular formula is C22H19FN4O2S. The lowest BCUT2D eigenvalue weighted by molar-refractivity contribution is -0.115. The predicted octanol–water partition coefficient (Wildman–Crippen LogP) is 4.84. The molecule has 30 heavy (non-hydrogen) atoms. The molecule has 1 N–H and O–H groups in total. The van der Waals surface area contributed by atoms with E-state index in [0.717, 1.165) is 5.56 Å². The fraction of sp³-hybridized carbons (Fsp3) is 0.136. The van der Waals surface area contributed by atoms with Gasteiger partial charge in [-0.25, -0.2) is 4.39 Å². The highest BCUT2D eigenvalue weighted by molar-refractivity contribution is 8.00. The van der Waals surface area contributed by atoms with Crippen LogP contribution < -0.4 is 5.32 Å². The molecule has 4 rings (SSSR count). The molecule has 2 heterocycles. The van der Waals surface area contributed by atoms with Crippen LogP contribution in [0.2, 0.25) is 0 Å². The van der Waals surface area contributed by atoms with Crippen LogP contribution >= 0.6 is 11.8 Å². The van der Waals surface area contributed by atoms with Crippen LogP contribution in [-0.4, -0.2) is 25.9 Å². The maximum atomic E-state index is 13.1. The highest BCUT2D eigenvalue weighted by atomic mass is 32.2. The van der Waals surface area contributed by atoms with Gasteiger partial charge in [-0.1, -0.05) is 42.1 Å². The third-order valence-electron chi connectivity index (χ3n) is 4.41. The van der Waals surface area contributed by atoms with Crippen LogP contribution in [0, 0.1) is 5.82 Å². The molecule has 2 aromatic carbocycles. The molecule has 0 saturated carbocycles. The second-order valence-electron chi connectivity index (χ2n) is 6.61. The number of nitrogens with zero attached hydrogens (tertiary/aromatic N) is 3. The molecule has 1 unspecified atom stereocenters. The van der Waals surface area contributed by atoms with Gasteiger partial charge in [0.15, 0.2) is 10.9 Å². The normalized spacial score (nSPS) is 11.9. The van der Waals surface area contributed by atoms with Gasteiger partial charge in [0.2, 0.25) is 11.7 Å². The number of anilines is 1. The van der Waals surface area contributed by atoms with Crippen molar-refractivity contribution in [2.24, 2.45) is 0 Å². The summed E-state index contributed by atoms with van der Waals surface area (Å²) in [6.45, 7) is 2.33. The van der Waals surface area contributed by atoms with E-state index in [1.165, 1.54) is 36.0 Å². The van der Waals surface area contributed by atoms with E-state index in [-0.39, 0.29) is 11.7 Å². The van der Waals surface area contributed by atoms with Gasteiger partial charge in [0.25, 0.3) is 0 Å². The maximum absolute atomic E-state index is 13.1. The number of carbonyl (C=O) groups is 1. The Morgan fingerprint density at radius 3 is 2.57 bits per heavy atom. The van der Waals surface area contributed by atoms with Crippen molar-refractivity contribution in [1.82, 2.24) is 14.8 Å². The van der Waals surface area contributed by atoms with Crippen LogP contribution in [0.3, 0.4) is 0 Å². The molecule has 6 nitrogen and oxygen atoms in total. The van der Waals surface area contributed by atoms with Crippen LogP contribution in [0.15, 0.2) is 82.6 Å². The first-order valence-electron chi connectivity index (χ1n) is 9.34. The zero-order valence-electron chi connectivity index (χ0n) is 16.2. The van der Waals surface area contributed by atoms with Crippen molar-refractivity contribution in [1.29, 1.82) is 0 Å². The highest BCUT2D eigenvalue weighted by Crippen LogP contribution is 2.28. The Labute approximate surface area is 177 Å². The summed E-state index contributed by atoms with van der Waals surface area (Å²) in [6.07, 6.45) is 1.59. The van der Waals surface area contributed by atoms with E-state index in [4.69, 9.17) is 4.42 Å². The Morgan fingerprint density at radius 1 is 1.10 bits per heavy atom. The van der Waals surface area contributed by atoms with Gasteiger partial charge in [-0.05, 0) is 48.9 Å². The minimum Gasteiger partial charge on any atom is -0.461 e. The second kappa shape index (κ2) is 8.96. The Kier molecular flexibility index (Phi) is 5.94. The third kappa shape index (κ3) is 4.60. The van der Waals surface area contributed by atoms with E-state index in [9.17, 15) is 9.18 Å². The number of nitrogens with one attached hydrogen (secondary N) is 1. The third-order valence-corrected chi connectivity index (χ3v) is 5.49. The van der Waals surface area contributed by atoms with Crippen LogP contribution in [0.1, 0.15) is 12.5 Å². The highest BCUT2D eigenvalue weighted by Gasteiger charge is 2.22. The molecule has 0 bridgehead atoms. The van der Waals surface area contributed by atoms with Gasteiger partial charge >= 0.3 is 0 Å². The number of carbonyl (C=O) groups excluding carboxylic acids is 1. The number of furan rings is 1. The van der Waals surface area contributed by atoms with Crippen LogP contribution in [0.4, 0.5) is 10.1 Å². The molecular weight excluding hydrogens is 403 g/mol. The molecule has 152 valence electrons. The first-order valence-corrected chi connectivity index (χ1v) is 10.2. The molecule has 0 aliphatic carbocycles. The SMILES string of the molecule is CC(Sc1nnc(-c2ccco2)n1Cc1ccccc1)C(=O)Nc1ccc(F)cc1. The van der Waals surface area contributed by atoms with E-state index in [2.05, 4.69) is 15.5 Å². The zero-order chi connectivity index (χ0) is 20.9. The molecule has 8 heteroatoms. The van der Waals surface area contributed by atoms with Crippen molar-refractivity contribution in [2.75, 3.05) is 5.32 Å². The van der Waals surface area contributed by atoms with E-state index in [0.29, 0.717) is 29.0 Å². The minimum atomic E-state index is -0.446. The van der Waals surface area contributed by atoms with Crippen LogP contribution in [0.5, 0.6) is 0 Å². The number of thioether (sulfide) groups is 1. The maximum Gasteiger partial charge on any atom is 0.237 e. The lowest BCUT2D eigenvalue weighted by Gasteiger charge is -2.13. The topological polar surface area (TPSA) is 73.0 Å². The van der Waals surface area contributed by atoms with Crippen LogP contribution in [0.25, 0.3) is 11.6 Å². The Bertz CT molecular complexity index is 1110. The van der Waals surface area contributed by atoms with E-state index in [1.54, 1.807) is 19.3 Å². The summed E-state index contributed by atoms with van der Waals surface area (Å²) < 4.78 is 20.5. The summed E-state index contributed by atoms with van der Waals surface area (Å²) in [5.41, 5.74) is 1.62. The first-order chi connectivity index (χ1) is 14.6. The first kappa shape index (κ1) is 19.9. The van der Waals surface area contributed by atoms with Crippen molar-refractivity contribution in [3.05, 3.63) is 84.4 Å². The number of hydrogen-bond donors (Lipinski definition) is 1. The van der Waals surface area contributed by atoms with Gasteiger partial charge in [-0.15, -0.1) is 10.2 Å². The zero-order valence-corrected chi connectivity index (χ0v) is 17.0. The Morgan fingerprint density at radius 2 is 1.87 bits per heavy atom. The Hall–Kier alpha value is -3.39. The molecule has 0 radical (unpaired) electrons. The van der Waals surface area contributed by atoms with Gasteiger partial charge in [0.1, 0.15) is 5.82 Å². The van der Waals surface area contributed by atoms with E-state index < -0.39 is 5.25 Å². The second-order valence-corrected chi connectivity index (χ2v) is 7.92. The summed E-state index contributed by atoms with van der Waals surface area (Å²) in [5.74, 6) is 0.640. The van der Waals surface area contributed by atoms with Gasteiger partial charge in [0, 0.05) is 5.69 Å². The van der Waals surface area contributed by atoms with Gasteiger partial charge in [-0.3, -0.25) is 9.36 Å². The number of hydrogen-bond acceptors (Lipinski definition) is 5. The fourth-order valence-corrected chi connectivity index (χ4v) is 3.71. The average Bonchev–Trinajstić information content (AvgIpc) is 3.41. The van der Waals surface area contributed by atoms with Crippen molar-refractivity contribution >= 4 is 23.4 Å². The molecule has 2 aromatic heterocycles. The average molecular weight is 422 g/mol. The quantitative estimate of drug-likeness (QED) is 0.431. The van der Waals surface area contributed by atoms with Crippen molar-refractivity contribution in [3.63, 3.8) is 0 Å². The molecule has 4 aromatic rings. The molecule has 0 fully saturated rings. The standard InChI is InChI=1S/C22H19FN4O2S/c1-15(21(28)24-18-11-9-17(23)10-12-18)30-22-26-25-20(19-8-5-13-29-19)27(22)14-16-6-3-2-4-7-16/h2-13,15H,14H2,1H3,(H,24,28). The molecule has 1 amide bonds. The molecule has 1 atom stereocenters. The van der Waals surface area contributed by atoms with Gasteiger partial charge < -0.3 is 9.73 Å². The van der Waals surface area contributed by atoms with Crippen LogP contribution in [-0.2, 0) is 11.3 Å². The molecule has 0 aliphatic heterocycles. The summed E-state index contributed by atoms with van der Waals surface area (Å²) >= 11 is 1.30. The number of halogens is 1. The van der Waals surface area contributed by atoms with E-state index in [1.807, 2.05) is 41.0 Å². The van der Waals surface area contributed by atoms with Gasteiger partial charge in [-0.2, -0.15) is 0 Å². The smallest absolute Gasteiger partial charge is 0.237 e. The lowest BCUT2D eigenvalue weighted by atomic mass is 10.2. The fourth-order valence-electron chi connectivity index (χ4n) is 2.86. The summed E-state index contributed by atoms with van der Waals surface area (Å²) in [7, 11) is 0. The van der Waals surface area contributed by atoms with Crippen molar-refractivity contribution in [2.45, 2.75) is 23.9 Å². The monoisotopic (exact) mass is 422 g/mol. The number of aromatic nitrogens is 3. The van der Waals surface area contributed by atoms with E-state index >= 15 is 0 Å². The summed E-state index contributed by atoms with van der Waals surface area (Å²) in [5, 5.41) is 11.5. The Balaban J connectivity index is 1.55. The molecule has 0 aliphatic rings. The molecule has 0 spiro atoms. The van der Waals surface area contributed by atoms with Crippen molar-refractivity contribution in [3.8, 4) is 11.6 Å². The summed E-state index contributed by atoms with van der Waals surface area (Å²) in [6, 6.07) is 19.2.